The first-order valence-electron chi connectivity index (χ1n) is 14.9. The van der Waals surface area contributed by atoms with Crippen LogP contribution in [0.2, 0.25) is 0 Å². The molecule has 1 heterocycles. The summed E-state index contributed by atoms with van der Waals surface area (Å²) in [7, 11) is 0. The Kier molecular flexibility index (Phi) is 9.55. The third kappa shape index (κ3) is 7.84. The van der Waals surface area contributed by atoms with Gasteiger partial charge in [-0.3, -0.25) is 14.4 Å². The SMILES string of the molecule is Cc1cc(NC(=O)C(Sc2ccc(NC(=O)/C(=C/c3cccc4ccccc34)NC(=O)c3ccccc3)cc2)c2ccccc2)no1. The molecule has 6 rings (SSSR count). The van der Waals surface area contributed by atoms with Crippen LogP contribution in [0.3, 0.4) is 0 Å². The molecular formula is C38H30N4O4S. The van der Waals surface area contributed by atoms with Crippen LogP contribution in [0, 0.1) is 6.92 Å². The summed E-state index contributed by atoms with van der Waals surface area (Å²) >= 11 is 1.37. The average molecular weight is 639 g/mol. The van der Waals surface area contributed by atoms with Crippen LogP contribution in [0.4, 0.5) is 11.5 Å². The van der Waals surface area contributed by atoms with E-state index >= 15 is 0 Å². The number of aryl methyl sites for hydroxylation is 1. The average Bonchev–Trinajstić information content (AvgIpc) is 3.52. The van der Waals surface area contributed by atoms with Gasteiger partial charge in [0.2, 0.25) is 5.91 Å². The predicted octanol–water partition coefficient (Wildman–Crippen LogP) is 8.02. The lowest BCUT2D eigenvalue weighted by Crippen LogP contribution is -2.30. The fraction of sp³-hybridized carbons (Fsp3) is 0.0526. The summed E-state index contributed by atoms with van der Waals surface area (Å²) in [5.74, 6) is -0.184. The molecule has 3 N–H and O–H groups in total. The van der Waals surface area contributed by atoms with Crippen LogP contribution in [0.25, 0.3) is 16.8 Å². The Hall–Kier alpha value is -5.93. The molecule has 6 aromatic rings. The second-order valence-corrected chi connectivity index (χ2v) is 11.8. The zero-order valence-corrected chi connectivity index (χ0v) is 26.2. The third-order valence-electron chi connectivity index (χ3n) is 7.24. The molecule has 0 bridgehead atoms. The Bertz CT molecular complexity index is 2050. The van der Waals surface area contributed by atoms with Crippen LogP contribution in [-0.2, 0) is 9.59 Å². The molecule has 1 aromatic heterocycles. The minimum Gasteiger partial charge on any atom is -0.360 e. The van der Waals surface area contributed by atoms with Gasteiger partial charge in [-0.05, 0) is 71.3 Å². The van der Waals surface area contributed by atoms with E-state index < -0.39 is 17.1 Å². The Morgan fingerprint density at radius 3 is 2.17 bits per heavy atom. The molecule has 3 amide bonds. The van der Waals surface area contributed by atoms with Gasteiger partial charge in [0.25, 0.3) is 11.8 Å². The number of nitrogens with one attached hydrogen (secondary N) is 3. The number of benzene rings is 5. The van der Waals surface area contributed by atoms with Gasteiger partial charge >= 0.3 is 0 Å². The highest BCUT2D eigenvalue weighted by Crippen LogP contribution is 2.36. The molecular weight excluding hydrogens is 609 g/mol. The molecule has 5 aromatic carbocycles. The summed E-state index contributed by atoms with van der Waals surface area (Å²) in [6, 6.07) is 40.7. The van der Waals surface area contributed by atoms with Crippen LogP contribution in [0.15, 0.2) is 149 Å². The molecule has 0 aliphatic rings. The van der Waals surface area contributed by atoms with E-state index in [0.717, 1.165) is 26.8 Å². The topological polar surface area (TPSA) is 113 Å². The predicted molar refractivity (Wildman–Crippen MR) is 186 cm³/mol. The van der Waals surface area contributed by atoms with E-state index in [1.165, 1.54) is 11.8 Å². The molecule has 0 spiro atoms. The lowest BCUT2D eigenvalue weighted by Gasteiger charge is -2.16. The summed E-state index contributed by atoms with van der Waals surface area (Å²) in [5.41, 5.74) is 2.67. The highest BCUT2D eigenvalue weighted by atomic mass is 32.2. The van der Waals surface area contributed by atoms with Crippen molar-refractivity contribution >= 4 is 57.8 Å². The summed E-state index contributed by atoms with van der Waals surface area (Å²) in [5, 5.41) is 13.8. The normalized spacial score (nSPS) is 11.9. The Balaban J connectivity index is 1.22. The summed E-state index contributed by atoms with van der Waals surface area (Å²) in [6.45, 7) is 1.76. The number of rotatable bonds is 10. The van der Waals surface area contributed by atoms with Gasteiger partial charge in [-0.2, -0.15) is 0 Å². The van der Waals surface area contributed by atoms with Gasteiger partial charge in [-0.15, -0.1) is 11.8 Å². The van der Waals surface area contributed by atoms with Crippen molar-refractivity contribution in [1.82, 2.24) is 10.5 Å². The van der Waals surface area contributed by atoms with Crippen molar-refractivity contribution in [2.45, 2.75) is 17.1 Å². The van der Waals surface area contributed by atoms with Crippen molar-refractivity contribution in [3.05, 3.63) is 162 Å². The maximum atomic E-state index is 13.7. The fourth-order valence-corrected chi connectivity index (χ4v) is 5.97. The second-order valence-electron chi connectivity index (χ2n) is 10.6. The zero-order valence-electron chi connectivity index (χ0n) is 25.3. The van der Waals surface area contributed by atoms with E-state index in [1.807, 2.05) is 91.0 Å². The van der Waals surface area contributed by atoms with Crippen LogP contribution in [0.1, 0.15) is 32.5 Å². The van der Waals surface area contributed by atoms with Crippen molar-refractivity contribution in [2.24, 2.45) is 0 Å². The van der Waals surface area contributed by atoms with Crippen molar-refractivity contribution in [3.8, 4) is 0 Å². The number of hydrogen-bond acceptors (Lipinski definition) is 6. The number of amides is 3. The van der Waals surface area contributed by atoms with E-state index in [1.54, 1.807) is 55.5 Å². The molecule has 0 aliphatic heterocycles. The Morgan fingerprint density at radius 2 is 1.45 bits per heavy atom. The molecule has 1 unspecified atom stereocenters. The van der Waals surface area contributed by atoms with Crippen molar-refractivity contribution < 1.29 is 18.9 Å². The van der Waals surface area contributed by atoms with Crippen LogP contribution in [0.5, 0.6) is 0 Å². The maximum absolute atomic E-state index is 13.7. The van der Waals surface area contributed by atoms with Crippen LogP contribution < -0.4 is 16.0 Å². The first-order valence-corrected chi connectivity index (χ1v) is 15.7. The van der Waals surface area contributed by atoms with Gasteiger partial charge in [-0.1, -0.05) is 96.2 Å². The maximum Gasteiger partial charge on any atom is 0.272 e. The first-order chi connectivity index (χ1) is 22.9. The van der Waals surface area contributed by atoms with Crippen LogP contribution >= 0.6 is 11.8 Å². The summed E-state index contributed by atoms with van der Waals surface area (Å²) in [6.07, 6.45) is 1.68. The molecule has 0 saturated carbocycles. The zero-order chi connectivity index (χ0) is 32.6. The Morgan fingerprint density at radius 1 is 0.766 bits per heavy atom. The summed E-state index contributed by atoms with van der Waals surface area (Å²) in [4.78, 5) is 40.9. The fourth-order valence-electron chi connectivity index (χ4n) is 4.94. The van der Waals surface area contributed by atoms with Crippen molar-refractivity contribution in [1.29, 1.82) is 0 Å². The lowest BCUT2D eigenvalue weighted by atomic mass is 10.0. The molecule has 47 heavy (non-hydrogen) atoms. The molecule has 9 heteroatoms. The van der Waals surface area contributed by atoms with Gasteiger partial charge in [0, 0.05) is 22.2 Å². The minimum atomic E-state index is -0.572. The number of thioether (sulfide) groups is 1. The molecule has 8 nitrogen and oxygen atoms in total. The van der Waals surface area contributed by atoms with Crippen molar-refractivity contribution in [2.75, 3.05) is 10.6 Å². The van der Waals surface area contributed by atoms with E-state index in [2.05, 4.69) is 21.1 Å². The highest BCUT2D eigenvalue weighted by Gasteiger charge is 2.23. The second kappa shape index (κ2) is 14.4. The van der Waals surface area contributed by atoms with E-state index in [0.29, 0.717) is 22.8 Å². The molecule has 0 radical (unpaired) electrons. The van der Waals surface area contributed by atoms with E-state index in [-0.39, 0.29) is 11.6 Å². The highest BCUT2D eigenvalue weighted by molar-refractivity contribution is 8.00. The van der Waals surface area contributed by atoms with Gasteiger partial charge in [0.15, 0.2) is 5.82 Å². The quantitative estimate of drug-likeness (QED) is 0.103. The van der Waals surface area contributed by atoms with Gasteiger partial charge in [-0.25, -0.2) is 0 Å². The number of anilines is 2. The van der Waals surface area contributed by atoms with E-state index in [4.69, 9.17) is 4.52 Å². The molecule has 0 fully saturated rings. The largest absolute Gasteiger partial charge is 0.360 e. The number of aromatic nitrogens is 1. The molecule has 232 valence electrons. The number of fused-ring (bicyclic) bond motifs is 1. The van der Waals surface area contributed by atoms with Gasteiger partial charge < -0.3 is 20.5 Å². The molecule has 0 saturated heterocycles. The molecule has 1 atom stereocenters. The minimum absolute atomic E-state index is 0.0950. The van der Waals surface area contributed by atoms with Crippen molar-refractivity contribution in [3.63, 3.8) is 0 Å². The van der Waals surface area contributed by atoms with Gasteiger partial charge in [0.05, 0.1) is 0 Å². The summed E-state index contributed by atoms with van der Waals surface area (Å²) < 4.78 is 5.09. The number of carbonyl (C=O) groups is 3. The monoisotopic (exact) mass is 638 g/mol. The third-order valence-corrected chi connectivity index (χ3v) is 8.50. The van der Waals surface area contributed by atoms with Gasteiger partial charge in [0.1, 0.15) is 16.7 Å². The lowest BCUT2D eigenvalue weighted by molar-refractivity contribution is -0.116. The first kappa shape index (κ1) is 31.1. The van der Waals surface area contributed by atoms with Crippen LogP contribution in [-0.4, -0.2) is 22.9 Å². The number of hydrogen-bond donors (Lipinski definition) is 3. The molecule has 0 aliphatic carbocycles. The van der Waals surface area contributed by atoms with E-state index in [9.17, 15) is 14.4 Å². The standard InChI is InChI=1S/C38H30N4O4S/c1-25-23-34(42-46-25)41-38(45)35(27-12-4-2-5-13-27)47-31-21-19-30(20-22-31)39-37(44)33(40-36(43)28-14-6-3-7-15-28)24-29-17-10-16-26-11-8-9-18-32(26)29/h2-24,35H,1H3,(H,39,44)(H,40,43)(H,41,42,45)/b33-24-. The smallest absolute Gasteiger partial charge is 0.272 e. The number of carbonyl (C=O) groups excluding carboxylic acids is 3. The Labute approximate surface area is 275 Å². The number of nitrogens with zero attached hydrogens (tertiary/aromatic N) is 1.